The van der Waals surface area contributed by atoms with Gasteiger partial charge in [0.1, 0.15) is 0 Å². The molecule has 4 nitrogen and oxygen atoms in total. The summed E-state index contributed by atoms with van der Waals surface area (Å²) in [5.74, 6) is 0. The zero-order valence-corrected chi connectivity index (χ0v) is 7.80. The van der Waals surface area contributed by atoms with E-state index >= 15 is 0 Å². The van der Waals surface area contributed by atoms with Crippen molar-refractivity contribution in [3.63, 3.8) is 0 Å². The van der Waals surface area contributed by atoms with E-state index in [1.165, 1.54) is 0 Å². The van der Waals surface area contributed by atoms with E-state index in [1.807, 2.05) is 22.9 Å². The minimum atomic E-state index is 0.631. The molecule has 0 aromatic carbocycles. The van der Waals surface area contributed by atoms with Crippen LogP contribution in [0.3, 0.4) is 0 Å². The first-order chi connectivity index (χ1) is 6.90. The minimum absolute atomic E-state index is 0.631. The van der Waals surface area contributed by atoms with Crippen LogP contribution in [0.25, 0.3) is 11.3 Å². The van der Waals surface area contributed by atoms with Gasteiger partial charge in [-0.2, -0.15) is 0 Å². The molecule has 0 unspecified atom stereocenters. The highest BCUT2D eigenvalue weighted by molar-refractivity contribution is 5.56. The number of aromatic nitrogens is 3. The number of hydrogen-bond donors (Lipinski definition) is 1. The molecule has 0 saturated carbocycles. The smallest absolute Gasteiger partial charge is 0.0954 e. The fourth-order valence-corrected chi connectivity index (χ4v) is 1.30. The summed E-state index contributed by atoms with van der Waals surface area (Å²) in [6.45, 7) is 1.43. The van der Waals surface area contributed by atoms with Gasteiger partial charge in [-0.05, 0) is 12.1 Å². The van der Waals surface area contributed by atoms with Crippen LogP contribution in [0.15, 0.2) is 37.1 Å². The molecule has 0 fully saturated rings. The monoisotopic (exact) mass is 188 g/mol. The Balaban J connectivity index is 2.25. The fourth-order valence-electron chi connectivity index (χ4n) is 1.30. The van der Waals surface area contributed by atoms with Crippen LogP contribution in [0.1, 0.15) is 0 Å². The number of hydrogen-bond acceptors (Lipinski definition) is 3. The zero-order chi connectivity index (χ0) is 9.80. The average Bonchev–Trinajstić information content (AvgIpc) is 2.68. The number of pyridine rings is 1. The van der Waals surface area contributed by atoms with Gasteiger partial charge in [-0.25, -0.2) is 4.98 Å². The third-order valence-electron chi connectivity index (χ3n) is 2.00. The second-order valence-corrected chi connectivity index (χ2v) is 3.02. The van der Waals surface area contributed by atoms with E-state index in [0.717, 1.165) is 17.8 Å². The molecule has 14 heavy (non-hydrogen) atoms. The molecule has 2 N–H and O–H groups in total. The maximum absolute atomic E-state index is 5.45. The highest BCUT2D eigenvalue weighted by Gasteiger charge is 2.00. The summed E-state index contributed by atoms with van der Waals surface area (Å²) in [6, 6.07) is 3.88. The molecule has 0 aliphatic carbocycles. The summed E-state index contributed by atoms with van der Waals surface area (Å²) in [5.41, 5.74) is 7.49. The molecular weight excluding hydrogens is 176 g/mol. The maximum atomic E-state index is 5.45. The Kier molecular flexibility index (Phi) is 2.55. The van der Waals surface area contributed by atoms with Crippen molar-refractivity contribution in [1.82, 2.24) is 14.5 Å². The SMILES string of the molecule is NCCn1cnc(-c2ccncc2)c1. The highest BCUT2D eigenvalue weighted by atomic mass is 15.0. The molecule has 2 aromatic heterocycles. The van der Waals surface area contributed by atoms with Gasteiger partial charge in [-0.1, -0.05) is 0 Å². The van der Waals surface area contributed by atoms with E-state index in [9.17, 15) is 0 Å². The summed E-state index contributed by atoms with van der Waals surface area (Å²) in [6.07, 6.45) is 7.30. The summed E-state index contributed by atoms with van der Waals surface area (Å²) in [4.78, 5) is 8.24. The molecule has 0 spiro atoms. The van der Waals surface area contributed by atoms with Crippen molar-refractivity contribution in [1.29, 1.82) is 0 Å². The van der Waals surface area contributed by atoms with Gasteiger partial charge in [0.2, 0.25) is 0 Å². The van der Waals surface area contributed by atoms with Gasteiger partial charge >= 0.3 is 0 Å². The van der Waals surface area contributed by atoms with Gasteiger partial charge in [0.25, 0.3) is 0 Å². The molecule has 0 saturated heterocycles. The predicted octanol–water partition coefficient (Wildman–Crippen LogP) is 0.904. The van der Waals surface area contributed by atoms with Gasteiger partial charge in [0.15, 0.2) is 0 Å². The summed E-state index contributed by atoms with van der Waals surface area (Å²) in [5, 5.41) is 0. The molecule has 2 aromatic rings. The number of nitrogens with zero attached hydrogens (tertiary/aromatic N) is 3. The summed E-state index contributed by atoms with van der Waals surface area (Å²) in [7, 11) is 0. The number of rotatable bonds is 3. The Morgan fingerprint density at radius 1 is 1.29 bits per heavy atom. The van der Waals surface area contributed by atoms with Crippen molar-refractivity contribution in [3.05, 3.63) is 37.1 Å². The lowest BCUT2D eigenvalue weighted by molar-refractivity contribution is 0.708. The first-order valence-corrected chi connectivity index (χ1v) is 4.52. The lowest BCUT2D eigenvalue weighted by atomic mass is 10.2. The van der Waals surface area contributed by atoms with Crippen molar-refractivity contribution in [3.8, 4) is 11.3 Å². The van der Waals surface area contributed by atoms with E-state index in [0.29, 0.717) is 6.54 Å². The maximum Gasteiger partial charge on any atom is 0.0954 e. The van der Waals surface area contributed by atoms with E-state index in [4.69, 9.17) is 5.73 Å². The molecule has 0 radical (unpaired) electrons. The first-order valence-electron chi connectivity index (χ1n) is 4.52. The van der Waals surface area contributed by atoms with Crippen LogP contribution in [-0.4, -0.2) is 21.1 Å². The normalized spacial score (nSPS) is 10.4. The molecule has 0 aliphatic rings. The van der Waals surface area contributed by atoms with E-state index in [-0.39, 0.29) is 0 Å². The van der Waals surface area contributed by atoms with Gasteiger partial charge in [0.05, 0.1) is 12.0 Å². The molecule has 2 rings (SSSR count). The van der Waals surface area contributed by atoms with Crippen molar-refractivity contribution in [2.45, 2.75) is 6.54 Å². The topological polar surface area (TPSA) is 56.7 Å². The molecule has 2 heterocycles. The van der Waals surface area contributed by atoms with E-state index in [1.54, 1.807) is 18.7 Å². The zero-order valence-electron chi connectivity index (χ0n) is 7.80. The predicted molar refractivity (Wildman–Crippen MR) is 54.5 cm³/mol. The summed E-state index contributed by atoms with van der Waals surface area (Å²) < 4.78 is 1.98. The molecule has 0 aliphatic heterocycles. The number of imidazole rings is 1. The molecular formula is C10H12N4. The van der Waals surface area contributed by atoms with Crippen molar-refractivity contribution in [2.24, 2.45) is 5.73 Å². The number of nitrogens with two attached hydrogens (primary N) is 1. The molecule has 4 heteroatoms. The lowest BCUT2D eigenvalue weighted by Gasteiger charge is -1.96. The van der Waals surface area contributed by atoms with Crippen LogP contribution in [0.5, 0.6) is 0 Å². The van der Waals surface area contributed by atoms with Crippen molar-refractivity contribution < 1.29 is 0 Å². The van der Waals surface area contributed by atoms with Crippen LogP contribution in [0.2, 0.25) is 0 Å². The Labute approximate surface area is 82.4 Å². The Hall–Kier alpha value is -1.68. The molecule has 72 valence electrons. The van der Waals surface area contributed by atoms with E-state index < -0.39 is 0 Å². The van der Waals surface area contributed by atoms with Crippen molar-refractivity contribution in [2.75, 3.05) is 6.54 Å². The Morgan fingerprint density at radius 2 is 2.07 bits per heavy atom. The average molecular weight is 188 g/mol. The Bertz CT molecular complexity index is 394. The van der Waals surface area contributed by atoms with Gasteiger partial charge < -0.3 is 10.3 Å². The second kappa shape index (κ2) is 4.02. The molecule has 0 atom stereocenters. The van der Waals surface area contributed by atoms with Gasteiger partial charge in [0, 0.05) is 37.2 Å². The molecule has 0 amide bonds. The minimum Gasteiger partial charge on any atom is -0.336 e. The second-order valence-electron chi connectivity index (χ2n) is 3.02. The van der Waals surface area contributed by atoms with Crippen LogP contribution < -0.4 is 5.73 Å². The van der Waals surface area contributed by atoms with E-state index in [2.05, 4.69) is 9.97 Å². The lowest BCUT2D eigenvalue weighted by Crippen LogP contribution is -2.07. The van der Waals surface area contributed by atoms with Crippen molar-refractivity contribution >= 4 is 0 Å². The van der Waals surface area contributed by atoms with Gasteiger partial charge in [-0.3, -0.25) is 4.98 Å². The van der Waals surface area contributed by atoms with Crippen LogP contribution >= 0.6 is 0 Å². The largest absolute Gasteiger partial charge is 0.336 e. The molecule has 0 bridgehead atoms. The van der Waals surface area contributed by atoms with Gasteiger partial charge in [-0.15, -0.1) is 0 Å². The van der Waals surface area contributed by atoms with Crippen LogP contribution in [-0.2, 0) is 6.54 Å². The van der Waals surface area contributed by atoms with Crippen LogP contribution in [0.4, 0.5) is 0 Å². The third-order valence-corrected chi connectivity index (χ3v) is 2.00. The highest BCUT2D eigenvalue weighted by Crippen LogP contribution is 2.14. The fraction of sp³-hybridized carbons (Fsp3) is 0.200. The third kappa shape index (κ3) is 1.80. The standard InChI is InChI=1S/C10H12N4/c11-3-6-14-7-10(13-8-14)9-1-4-12-5-2-9/h1-2,4-5,7-8H,3,6,11H2. The quantitative estimate of drug-likeness (QED) is 0.778. The Morgan fingerprint density at radius 3 is 2.79 bits per heavy atom. The first kappa shape index (κ1) is 8.90. The summed E-state index contributed by atoms with van der Waals surface area (Å²) >= 11 is 0. The van der Waals surface area contributed by atoms with Crippen LogP contribution in [0, 0.1) is 0 Å².